The third-order valence-corrected chi connectivity index (χ3v) is 4.91. The second-order valence-corrected chi connectivity index (χ2v) is 6.63. The van der Waals surface area contributed by atoms with Crippen molar-refractivity contribution >= 4 is 11.7 Å². The molecule has 0 unspecified atom stereocenters. The van der Waals surface area contributed by atoms with Gasteiger partial charge in [0.2, 0.25) is 5.78 Å². The van der Waals surface area contributed by atoms with Gasteiger partial charge in [-0.1, -0.05) is 26.0 Å². The van der Waals surface area contributed by atoms with Crippen LogP contribution in [0.1, 0.15) is 48.6 Å². The molecule has 5 nitrogen and oxygen atoms in total. The fourth-order valence-corrected chi connectivity index (χ4v) is 3.33. The van der Waals surface area contributed by atoms with Crippen LogP contribution in [-0.4, -0.2) is 34.3 Å². The van der Waals surface area contributed by atoms with Crippen LogP contribution in [0.15, 0.2) is 52.1 Å². The number of amides is 1. The van der Waals surface area contributed by atoms with Gasteiger partial charge >= 0.3 is 0 Å². The largest absolute Gasteiger partial charge is 0.503 e. The molecule has 1 aliphatic heterocycles. The number of nitrogens with zero attached hydrogens (tertiary/aromatic N) is 1. The van der Waals surface area contributed by atoms with Crippen molar-refractivity contribution < 1.29 is 23.5 Å². The lowest BCUT2D eigenvalue weighted by Gasteiger charge is -2.25. The predicted molar refractivity (Wildman–Crippen MR) is 98.0 cm³/mol. The van der Waals surface area contributed by atoms with Crippen LogP contribution in [0.3, 0.4) is 0 Å². The van der Waals surface area contributed by atoms with Crippen LogP contribution in [0.2, 0.25) is 0 Å². The highest BCUT2D eigenvalue weighted by atomic mass is 19.1. The van der Waals surface area contributed by atoms with Crippen LogP contribution >= 0.6 is 0 Å². The number of halogens is 1. The van der Waals surface area contributed by atoms with Crippen molar-refractivity contribution in [2.75, 3.05) is 6.54 Å². The average Bonchev–Trinajstić information content (AvgIpc) is 3.24. The molecule has 0 spiro atoms. The first kappa shape index (κ1) is 18.9. The fraction of sp³-hybridized carbons (Fsp3) is 0.333. The number of benzene rings is 1. The molecular formula is C21H22FNO4. The molecule has 142 valence electrons. The Morgan fingerprint density at radius 1 is 1.19 bits per heavy atom. The minimum Gasteiger partial charge on any atom is -0.503 e. The average molecular weight is 371 g/mol. The summed E-state index contributed by atoms with van der Waals surface area (Å²) in [6.45, 7) is 4.02. The van der Waals surface area contributed by atoms with Crippen molar-refractivity contribution in [3.63, 3.8) is 0 Å². The number of aliphatic hydroxyl groups excluding tert-OH is 1. The van der Waals surface area contributed by atoms with Gasteiger partial charge in [0, 0.05) is 12.5 Å². The lowest BCUT2D eigenvalue weighted by atomic mass is 10.1. The van der Waals surface area contributed by atoms with Gasteiger partial charge in [-0.2, -0.15) is 0 Å². The second-order valence-electron chi connectivity index (χ2n) is 6.63. The summed E-state index contributed by atoms with van der Waals surface area (Å²) >= 11 is 0. The third-order valence-electron chi connectivity index (χ3n) is 4.91. The van der Waals surface area contributed by atoms with Gasteiger partial charge in [-0.15, -0.1) is 0 Å². The van der Waals surface area contributed by atoms with E-state index < -0.39 is 17.4 Å². The van der Waals surface area contributed by atoms with Gasteiger partial charge in [0.05, 0.1) is 12.1 Å². The van der Waals surface area contributed by atoms with Crippen molar-refractivity contribution in [3.05, 3.63) is 70.6 Å². The van der Waals surface area contributed by atoms with E-state index in [2.05, 4.69) is 0 Å². The van der Waals surface area contributed by atoms with E-state index in [-0.39, 0.29) is 29.7 Å². The van der Waals surface area contributed by atoms with Crippen LogP contribution in [0.4, 0.5) is 4.39 Å². The van der Waals surface area contributed by atoms with Crippen molar-refractivity contribution in [3.8, 4) is 0 Å². The maximum atomic E-state index is 13.0. The van der Waals surface area contributed by atoms with Gasteiger partial charge in [0.1, 0.15) is 11.6 Å². The number of rotatable bonds is 7. The monoisotopic (exact) mass is 371 g/mol. The molecule has 2 heterocycles. The van der Waals surface area contributed by atoms with Gasteiger partial charge < -0.3 is 14.4 Å². The van der Waals surface area contributed by atoms with Crippen LogP contribution in [0, 0.1) is 5.82 Å². The van der Waals surface area contributed by atoms with E-state index in [1.807, 2.05) is 13.8 Å². The van der Waals surface area contributed by atoms with Gasteiger partial charge in [0.25, 0.3) is 5.91 Å². The summed E-state index contributed by atoms with van der Waals surface area (Å²) in [4.78, 5) is 26.5. The van der Waals surface area contributed by atoms with Crippen LogP contribution in [0.5, 0.6) is 0 Å². The number of furan rings is 1. The first-order chi connectivity index (χ1) is 12.9. The van der Waals surface area contributed by atoms with Crippen LogP contribution in [0.25, 0.3) is 0 Å². The zero-order valence-corrected chi connectivity index (χ0v) is 15.4. The molecule has 0 aliphatic carbocycles. The second kappa shape index (κ2) is 7.78. The SMILES string of the molecule is CCC(CC)N1CC(C(=O)c2ccc(Cc3ccc(F)cc3)o2)=C(O)C1=O. The highest BCUT2D eigenvalue weighted by Gasteiger charge is 2.37. The zero-order chi connectivity index (χ0) is 19.6. The van der Waals surface area contributed by atoms with Crippen molar-refractivity contribution in [1.29, 1.82) is 0 Å². The first-order valence-corrected chi connectivity index (χ1v) is 9.05. The van der Waals surface area contributed by atoms with Crippen molar-refractivity contribution in [2.45, 2.75) is 39.2 Å². The standard InChI is InChI=1S/C21H22FNO4/c1-3-15(4-2)23-12-17(20(25)21(23)26)19(24)18-10-9-16(27-18)11-13-5-7-14(22)8-6-13/h5-10,15,25H,3-4,11-12H2,1-2H3. The lowest BCUT2D eigenvalue weighted by molar-refractivity contribution is -0.130. The highest BCUT2D eigenvalue weighted by Crippen LogP contribution is 2.26. The van der Waals surface area contributed by atoms with Crippen molar-refractivity contribution in [2.24, 2.45) is 0 Å². The molecule has 1 amide bonds. The molecule has 27 heavy (non-hydrogen) atoms. The van der Waals surface area contributed by atoms with E-state index in [1.165, 1.54) is 23.1 Å². The van der Waals surface area contributed by atoms with Gasteiger partial charge in [-0.25, -0.2) is 4.39 Å². The molecule has 1 aromatic heterocycles. The van der Waals surface area contributed by atoms with Gasteiger partial charge in [-0.3, -0.25) is 9.59 Å². The fourth-order valence-electron chi connectivity index (χ4n) is 3.33. The quantitative estimate of drug-likeness (QED) is 0.746. The summed E-state index contributed by atoms with van der Waals surface area (Å²) in [7, 11) is 0. The molecule has 0 radical (unpaired) electrons. The molecular weight excluding hydrogens is 349 g/mol. The third kappa shape index (κ3) is 3.79. The summed E-state index contributed by atoms with van der Waals surface area (Å²) in [5.41, 5.74) is 0.914. The number of ketones is 1. The van der Waals surface area contributed by atoms with Crippen molar-refractivity contribution in [1.82, 2.24) is 4.90 Å². The summed E-state index contributed by atoms with van der Waals surface area (Å²) in [5, 5.41) is 10.2. The maximum Gasteiger partial charge on any atom is 0.289 e. The number of aliphatic hydroxyl groups is 1. The van der Waals surface area contributed by atoms with Gasteiger partial charge in [-0.05, 0) is 42.7 Å². The molecule has 0 saturated heterocycles. The Balaban J connectivity index is 1.75. The zero-order valence-electron chi connectivity index (χ0n) is 15.4. The number of carbonyl (C=O) groups is 2. The molecule has 0 saturated carbocycles. The van der Waals surface area contributed by atoms with Gasteiger partial charge in [0.15, 0.2) is 11.5 Å². The number of hydrogen-bond acceptors (Lipinski definition) is 4. The Morgan fingerprint density at radius 3 is 2.48 bits per heavy atom. The summed E-state index contributed by atoms with van der Waals surface area (Å²) < 4.78 is 18.6. The molecule has 3 rings (SSSR count). The molecule has 0 atom stereocenters. The Hall–Kier alpha value is -2.89. The maximum absolute atomic E-state index is 13.0. The number of carbonyl (C=O) groups excluding carboxylic acids is 2. The summed E-state index contributed by atoms with van der Waals surface area (Å²) in [6, 6.07) is 9.21. The Kier molecular flexibility index (Phi) is 5.44. The van der Waals surface area contributed by atoms with E-state index >= 15 is 0 Å². The number of hydrogen-bond donors (Lipinski definition) is 1. The number of Topliss-reactive ketones (excluding diaryl/α,β-unsaturated/α-hetero) is 1. The van der Waals surface area contributed by atoms with Crippen LogP contribution in [-0.2, 0) is 11.2 Å². The molecule has 1 aliphatic rings. The van der Waals surface area contributed by atoms with Crippen LogP contribution < -0.4 is 0 Å². The Morgan fingerprint density at radius 2 is 1.85 bits per heavy atom. The minimum absolute atomic E-state index is 0.0180. The lowest BCUT2D eigenvalue weighted by Crippen LogP contribution is -2.37. The first-order valence-electron chi connectivity index (χ1n) is 9.05. The Bertz CT molecular complexity index is 878. The summed E-state index contributed by atoms with van der Waals surface area (Å²) in [6.07, 6.45) is 1.91. The smallest absolute Gasteiger partial charge is 0.289 e. The molecule has 2 aromatic rings. The van der Waals surface area contributed by atoms with E-state index in [4.69, 9.17) is 4.42 Å². The molecule has 1 aromatic carbocycles. The highest BCUT2D eigenvalue weighted by molar-refractivity contribution is 6.14. The molecule has 0 bridgehead atoms. The normalized spacial score (nSPS) is 14.5. The van der Waals surface area contributed by atoms with E-state index in [0.717, 1.165) is 18.4 Å². The summed E-state index contributed by atoms with van der Waals surface area (Å²) in [5.74, 6) is -1.18. The predicted octanol–water partition coefficient (Wildman–Crippen LogP) is 4.04. The topological polar surface area (TPSA) is 70.8 Å². The molecule has 1 N–H and O–H groups in total. The minimum atomic E-state index is -0.509. The van der Waals surface area contributed by atoms with E-state index in [1.54, 1.807) is 18.2 Å². The Labute approximate surface area is 157 Å². The molecule has 6 heteroatoms. The van der Waals surface area contributed by atoms with E-state index in [0.29, 0.717) is 12.2 Å². The molecule has 0 fully saturated rings. The van der Waals surface area contributed by atoms with E-state index in [9.17, 15) is 19.1 Å².